The molecule has 6 heteroatoms. The van der Waals surface area contributed by atoms with E-state index in [2.05, 4.69) is 17.8 Å². The summed E-state index contributed by atoms with van der Waals surface area (Å²) in [6.45, 7) is 1.82. The number of benzene rings is 2. The lowest BCUT2D eigenvalue weighted by Gasteiger charge is -2.09. The molecule has 2 rings (SSSR count). The second-order valence-electron chi connectivity index (χ2n) is 4.81. The fourth-order valence-electron chi connectivity index (χ4n) is 1.87. The van der Waals surface area contributed by atoms with Gasteiger partial charge in [0.25, 0.3) is 11.8 Å². The van der Waals surface area contributed by atoms with E-state index >= 15 is 0 Å². The molecule has 0 fully saturated rings. The molecule has 2 aromatic carbocycles. The van der Waals surface area contributed by atoms with Crippen LogP contribution < -0.4 is 15.6 Å². The van der Waals surface area contributed by atoms with Gasteiger partial charge in [-0.25, -0.2) is 0 Å². The van der Waals surface area contributed by atoms with Crippen LogP contribution in [0.2, 0.25) is 0 Å². The van der Waals surface area contributed by atoms with Gasteiger partial charge in [0.05, 0.1) is 5.56 Å². The lowest BCUT2D eigenvalue weighted by molar-refractivity contribution is -0.123. The molecule has 0 saturated heterocycles. The first-order chi connectivity index (χ1) is 11.1. The SMILES string of the molecule is CCc1ccc(OCC(=O)NNC(=O)c2ccccc2O)cc1. The van der Waals surface area contributed by atoms with Crippen molar-refractivity contribution in [2.75, 3.05) is 6.61 Å². The molecule has 2 aromatic rings. The Hall–Kier alpha value is -3.02. The molecule has 2 amide bonds. The number of nitrogens with one attached hydrogen (secondary N) is 2. The van der Waals surface area contributed by atoms with E-state index in [1.165, 1.54) is 17.7 Å². The molecule has 0 aliphatic heterocycles. The van der Waals surface area contributed by atoms with Crippen LogP contribution in [0.1, 0.15) is 22.8 Å². The Balaban J connectivity index is 1.78. The molecular formula is C17H18N2O4. The summed E-state index contributed by atoms with van der Waals surface area (Å²) in [7, 11) is 0. The van der Waals surface area contributed by atoms with E-state index in [-0.39, 0.29) is 17.9 Å². The number of hydrogen-bond acceptors (Lipinski definition) is 4. The van der Waals surface area contributed by atoms with Crippen LogP contribution in [0.4, 0.5) is 0 Å². The molecule has 0 unspecified atom stereocenters. The number of para-hydroxylation sites is 1. The highest BCUT2D eigenvalue weighted by Crippen LogP contribution is 2.14. The van der Waals surface area contributed by atoms with Gasteiger partial charge in [0.15, 0.2) is 6.61 Å². The van der Waals surface area contributed by atoms with Crippen molar-refractivity contribution in [3.8, 4) is 11.5 Å². The van der Waals surface area contributed by atoms with Crippen molar-refractivity contribution in [1.82, 2.24) is 10.9 Å². The maximum absolute atomic E-state index is 11.8. The second-order valence-corrected chi connectivity index (χ2v) is 4.81. The van der Waals surface area contributed by atoms with Crippen molar-refractivity contribution in [2.45, 2.75) is 13.3 Å². The molecule has 0 radical (unpaired) electrons. The van der Waals surface area contributed by atoms with Gasteiger partial charge in [-0.15, -0.1) is 0 Å². The zero-order valence-electron chi connectivity index (χ0n) is 12.7. The van der Waals surface area contributed by atoms with E-state index in [1.807, 2.05) is 12.1 Å². The number of rotatable bonds is 5. The molecule has 0 atom stereocenters. The van der Waals surface area contributed by atoms with Crippen LogP contribution in [-0.2, 0) is 11.2 Å². The number of amides is 2. The summed E-state index contributed by atoms with van der Waals surface area (Å²) in [6, 6.07) is 13.5. The molecule has 0 aromatic heterocycles. The minimum Gasteiger partial charge on any atom is -0.507 e. The first-order valence-electron chi connectivity index (χ1n) is 7.19. The summed E-state index contributed by atoms with van der Waals surface area (Å²) in [5.41, 5.74) is 5.69. The van der Waals surface area contributed by atoms with E-state index in [9.17, 15) is 14.7 Å². The van der Waals surface area contributed by atoms with E-state index < -0.39 is 11.8 Å². The number of phenolic OH excluding ortho intramolecular Hbond substituents is 1. The number of ether oxygens (including phenoxy) is 1. The average molecular weight is 314 g/mol. The lowest BCUT2D eigenvalue weighted by Crippen LogP contribution is -2.43. The lowest BCUT2D eigenvalue weighted by atomic mass is 10.2. The first-order valence-corrected chi connectivity index (χ1v) is 7.19. The van der Waals surface area contributed by atoms with Crippen molar-refractivity contribution in [2.24, 2.45) is 0 Å². The largest absolute Gasteiger partial charge is 0.507 e. The monoisotopic (exact) mass is 314 g/mol. The van der Waals surface area contributed by atoms with Gasteiger partial charge in [-0.1, -0.05) is 31.2 Å². The summed E-state index contributed by atoms with van der Waals surface area (Å²) >= 11 is 0. The third-order valence-corrected chi connectivity index (χ3v) is 3.17. The van der Waals surface area contributed by atoms with Crippen LogP contribution in [0, 0.1) is 0 Å². The Morgan fingerprint density at radius 1 is 1.04 bits per heavy atom. The number of aromatic hydroxyl groups is 1. The van der Waals surface area contributed by atoms with Crippen LogP contribution in [0.25, 0.3) is 0 Å². The Labute approximate surface area is 134 Å². The van der Waals surface area contributed by atoms with E-state index in [0.29, 0.717) is 5.75 Å². The molecule has 23 heavy (non-hydrogen) atoms. The van der Waals surface area contributed by atoms with Crippen molar-refractivity contribution in [3.63, 3.8) is 0 Å². The highest BCUT2D eigenvalue weighted by molar-refractivity contribution is 5.97. The number of hydrazine groups is 1. The van der Waals surface area contributed by atoms with Crippen LogP contribution in [0.15, 0.2) is 48.5 Å². The maximum atomic E-state index is 11.8. The Morgan fingerprint density at radius 2 is 1.74 bits per heavy atom. The first kappa shape index (κ1) is 16.4. The standard InChI is InChI=1S/C17H18N2O4/c1-2-12-7-9-13(10-8-12)23-11-16(21)18-19-17(22)14-5-3-4-6-15(14)20/h3-10,20H,2,11H2,1H3,(H,18,21)(H,19,22). The number of carbonyl (C=O) groups excluding carboxylic acids is 2. The molecule has 3 N–H and O–H groups in total. The number of carbonyl (C=O) groups is 2. The third kappa shape index (κ3) is 4.74. The molecule has 0 heterocycles. The molecular weight excluding hydrogens is 296 g/mol. The van der Waals surface area contributed by atoms with Crippen LogP contribution in [0.3, 0.4) is 0 Å². The van der Waals surface area contributed by atoms with Gasteiger partial charge >= 0.3 is 0 Å². The zero-order valence-corrected chi connectivity index (χ0v) is 12.7. The van der Waals surface area contributed by atoms with Crippen LogP contribution in [0.5, 0.6) is 11.5 Å². The molecule has 0 spiro atoms. The quantitative estimate of drug-likeness (QED) is 0.734. The molecule has 0 saturated carbocycles. The van der Waals surface area contributed by atoms with Crippen LogP contribution >= 0.6 is 0 Å². The van der Waals surface area contributed by atoms with Crippen molar-refractivity contribution < 1.29 is 19.4 Å². The number of aryl methyl sites for hydroxylation is 1. The fraction of sp³-hybridized carbons (Fsp3) is 0.176. The van der Waals surface area contributed by atoms with E-state index in [1.54, 1.807) is 24.3 Å². The molecule has 0 aliphatic rings. The number of hydrogen-bond donors (Lipinski definition) is 3. The zero-order chi connectivity index (χ0) is 16.7. The third-order valence-electron chi connectivity index (χ3n) is 3.17. The van der Waals surface area contributed by atoms with E-state index in [0.717, 1.165) is 6.42 Å². The summed E-state index contributed by atoms with van der Waals surface area (Å²) in [6.07, 6.45) is 0.930. The average Bonchev–Trinajstić information content (AvgIpc) is 2.58. The molecule has 0 aliphatic carbocycles. The van der Waals surface area contributed by atoms with Gasteiger partial charge in [0.1, 0.15) is 11.5 Å². The van der Waals surface area contributed by atoms with E-state index in [4.69, 9.17) is 4.74 Å². The predicted molar refractivity (Wildman–Crippen MR) is 85.0 cm³/mol. The normalized spacial score (nSPS) is 9.96. The summed E-state index contributed by atoms with van der Waals surface area (Å²) in [5, 5.41) is 9.54. The van der Waals surface area contributed by atoms with Gasteiger partial charge < -0.3 is 9.84 Å². The van der Waals surface area contributed by atoms with Crippen molar-refractivity contribution >= 4 is 11.8 Å². The number of phenols is 1. The minimum absolute atomic E-state index is 0.0730. The summed E-state index contributed by atoms with van der Waals surface area (Å²) in [4.78, 5) is 23.4. The van der Waals surface area contributed by atoms with Gasteiger partial charge in [-0.05, 0) is 36.2 Å². The Morgan fingerprint density at radius 3 is 2.39 bits per heavy atom. The van der Waals surface area contributed by atoms with Gasteiger partial charge in [-0.2, -0.15) is 0 Å². The highest BCUT2D eigenvalue weighted by atomic mass is 16.5. The topological polar surface area (TPSA) is 87.7 Å². The Bertz CT molecular complexity index is 683. The summed E-state index contributed by atoms with van der Waals surface area (Å²) in [5.74, 6) is -0.701. The molecule has 0 bridgehead atoms. The molecule has 6 nitrogen and oxygen atoms in total. The second kappa shape index (κ2) is 7.84. The molecule has 120 valence electrons. The van der Waals surface area contributed by atoms with Gasteiger partial charge in [-0.3, -0.25) is 20.4 Å². The maximum Gasteiger partial charge on any atom is 0.276 e. The van der Waals surface area contributed by atoms with Gasteiger partial charge in [0.2, 0.25) is 0 Å². The van der Waals surface area contributed by atoms with Crippen molar-refractivity contribution in [1.29, 1.82) is 0 Å². The van der Waals surface area contributed by atoms with Crippen molar-refractivity contribution in [3.05, 3.63) is 59.7 Å². The predicted octanol–water partition coefficient (Wildman–Crippen LogP) is 1.79. The Kier molecular flexibility index (Phi) is 5.57. The van der Waals surface area contributed by atoms with Crippen LogP contribution in [-0.4, -0.2) is 23.5 Å². The smallest absolute Gasteiger partial charge is 0.276 e. The fourth-order valence-corrected chi connectivity index (χ4v) is 1.87. The highest BCUT2D eigenvalue weighted by Gasteiger charge is 2.11. The summed E-state index contributed by atoms with van der Waals surface area (Å²) < 4.78 is 5.32. The van der Waals surface area contributed by atoms with Gasteiger partial charge in [0, 0.05) is 0 Å². The minimum atomic E-state index is -0.608.